The van der Waals surface area contributed by atoms with E-state index in [2.05, 4.69) is 23.5 Å². The summed E-state index contributed by atoms with van der Waals surface area (Å²) < 4.78 is 5.35. The molecule has 0 unspecified atom stereocenters. The van der Waals surface area contributed by atoms with E-state index in [9.17, 15) is 0 Å². The van der Waals surface area contributed by atoms with E-state index in [0.29, 0.717) is 6.04 Å². The van der Waals surface area contributed by atoms with E-state index in [-0.39, 0.29) is 0 Å². The molecule has 0 aromatic heterocycles. The molecule has 2 aliphatic rings. The third-order valence-electron chi connectivity index (χ3n) is 3.62. The Kier molecular flexibility index (Phi) is 3.26. The maximum absolute atomic E-state index is 6.33. The van der Waals surface area contributed by atoms with Crippen LogP contribution in [0, 0.1) is 0 Å². The fourth-order valence-electron chi connectivity index (χ4n) is 2.38. The summed E-state index contributed by atoms with van der Waals surface area (Å²) in [5.74, 6) is 0.768. The van der Waals surface area contributed by atoms with Gasteiger partial charge in [-0.3, -0.25) is 0 Å². The minimum atomic E-state index is 0.507. The Morgan fingerprint density at radius 1 is 1.12 bits per heavy atom. The number of halogens is 1. The molecule has 1 aliphatic carbocycles. The van der Waals surface area contributed by atoms with E-state index in [1.807, 2.05) is 0 Å². The Balaban J connectivity index is 1.69. The first-order chi connectivity index (χ1) is 8.33. The second-order valence-corrected chi connectivity index (χ2v) is 5.45. The van der Waals surface area contributed by atoms with Gasteiger partial charge in [-0.1, -0.05) is 17.7 Å². The molecular weight excluding hydrogens is 234 g/mol. The van der Waals surface area contributed by atoms with Gasteiger partial charge in [0.2, 0.25) is 0 Å². The van der Waals surface area contributed by atoms with Crippen LogP contribution in [-0.2, 0) is 4.74 Å². The van der Waals surface area contributed by atoms with Gasteiger partial charge in [0.15, 0.2) is 0 Å². The largest absolute Gasteiger partial charge is 0.381 e. The second-order valence-electron chi connectivity index (χ2n) is 5.04. The molecule has 92 valence electrons. The van der Waals surface area contributed by atoms with Crippen LogP contribution >= 0.6 is 11.6 Å². The number of rotatable bonds is 3. The predicted octanol–water partition coefficient (Wildman–Crippen LogP) is 3.81. The predicted molar refractivity (Wildman–Crippen MR) is 70.9 cm³/mol. The number of ether oxygens (including phenoxy) is 1. The highest BCUT2D eigenvalue weighted by molar-refractivity contribution is 6.33. The van der Waals surface area contributed by atoms with Gasteiger partial charge in [-0.05, 0) is 49.3 Å². The topological polar surface area (TPSA) is 21.3 Å². The van der Waals surface area contributed by atoms with Gasteiger partial charge in [0.1, 0.15) is 0 Å². The smallest absolute Gasteiger partial charge is 0.0640 e. The summed E-state index contributed by atoms with van der Waals surface area (Å²) in [5.41, 5.74) is 2.47. The summed E-state index contributed by atoms with van der Waals surface area (Å²) >= 11 is 6.33. The molecule has 0 atom stereocenters. The van der Waals surface area contributed by atoms with E-state index in [0.717, 1.165) is 42.7 Å². The van der Waals surface area contributed by atoms with Gasteiger partial charge < -0.3 is 10.1 Å². The SMILES string of the molecule is Clc1cc(C2CC2)ccc1NC1CCOCC1. The molecule has 2 fully saturated rings. The summed E-state index contributed by atoms with van der Waals surface area (Å²) in [5, 5.41) is 4.39. The normalized spacial score (nSPS) is 21.5. The average Bonchev–Trinajstić information content (AvgIpc) is 3.17. The third kappa shape index (κ3) is 2.75. The van der Waals surface area contributed by atoms with Crippen LogP contribution in [-0.4, -0.2) is 19.3 Å². The zero-order chi connectivity index (χ0) is 11.7. The lowest BCUT2D eigenvalue weighted by Crippen LogP contribution is -2.27. The monoisotopic (exact) mass is 251 g/mol. The van der Waals surface area contributed by atoms with E-state index in [4.69, 9.17) is 16.3 Å². The van der Waals surface area contributed by atoms with Crippen molar-refractivity contribution in [3.63, 3.8) is 0 Å². The Hall–Kier alpha value is -0.730. The van der Waals surface area contributed by atoms with Crippen molar-refractivity contribution in [2.45, 2.75) is 37.6 Å². The molecule has 3 heteroatoms. The van der Waals surface area contributed by atoms with Gasteiger partial charge in [-0.15, -0.1) is 0 Å². The highest BCUT2D eigenvalue weighted by Crippen LogP contribution is 2.41. The van der Waals surface area contributed by atoms with E-state index < -0.39 is 0 Å². The zero-order valence-electron chi connectivity index (χ0n) is 9.92. The lowest BCUT2D eigenvalue weighted by Gasteiger charge is -2.24. The van der Waals surface area contributed by atoms with Crippen LogP contribution in [0.4, 0.5) is 5.69 Å². The Morgan fingerprint density at radius 3 is 2.53 bits per heavy atom. The first kappa shape index (κ1) is 11.4. The molecule has 0 amide bonds. The van der Waals surface area contributed by atoms with Gasteiger partial charge in [0.05, 0.1) is 10.7 Å². The summed E-state index contributed by atoms with van der Waals surface area (Å²) in [4.78, 5) is 0. The number of hydrogen-bond acceptors (Lipinski definition) is 2. The molecule has 1 saturated carbocycles. The van der Waals surface area contributed by atoms with Gasteiger partial charge in [0, 0.05) is 19.3 Å². The summed E-state index contributed by atoms with van der Waals surface area (Å²) in [7, 11) is 0. The van der Waals surface area contributed by atoms with Crippen molar-refractivity contribution in [3.8, 4) is 0 Å². The lowest BCUT2D eigenvalue weighted by atomic mass is 10.1. The molecule has 0 bridgehead atoms. The van der Waals surface area contributed by atoms with Crippen LogP contribution in [0.1, 0.15) is 37.2 Å². The fourth-order valence-corrected chi connectivity index (χ4v) is 2.62. The van der Waals surface area contributed by atoms with Crippen LogP contribution < -0.4 is 5.32 Å². The maximum atomic E-state index is 6.33. The van der Waals surface area contributed by atoms with Gasteiger partial charge >= 0.3 is 0 Å². The van der Waals surface area contributed by atoms with Gasteiger partial charge in [-0.2, -0.15) is 0 Å². The number of nitrogens with one attached hydrogen (secondary N) is 1. The van der Waals surface area contributed by atoms with E-state index in [1.54, 1.807) is 0 Å². The highest BCUT2D eigenvalue weighted by atomic mass is 35.5. The fraction of sp³-hybridized carbons (Fsp3) is 0.571. The second kappa shape index (κ2) is 4.87. The minimum absolute atomic E-state index is 0.507. The average molecular weight is 252 g/mol. The number of hydrogen-bond donors (Lipinski definition) is 1. The van der Waals surface area contributed by atoms with Crippen molar-refractivity contribution >= 4 is 17.3 Å². The van der Waals surface area contributed by atoms with E-state index >= 15 is 0 Å². The van der Waals surface area contributed by atoms with Gasteiger partial charge in [0.25, 0.3) is 0 Å². The Bertz CT molecular complexity index is 397. The molecule has 1 aliphatic heterocycles. The standard InChI is InChI=1S/C14H18ClNO/c15-13-9-11(10-1-2-10)3-4-14(13)16-12-5-7-17-8-6-12/h3-4,9-10,12,16H,1-2,5-8H2. The molecule has 3 rings (SSSR count). The van der Waals surface area contributed by atoms with Crippen LogP contribution in [0.3, 0.4) is 0 Å². The minimum Gasteiger partial charge on any atom is -0.381 e. The number of anilines is 1. The molecular formula is C14H18ClNO. The molecule has 1 aromatic rings. The quantitative estimate of drug-likeness (QED) is 0.882. The van der Waals surface area contributed by atoms with Crippen LogP contribution in [0.5, 0.6) is 0 Å². The molecule has 17 heavy (non-hydrogen) atoms. The number of benzene rings is 1. The molecule has 1 N–H and O–H groups in total. The summed E-state index contributed by atoms with van der Waals surface area (Å²) in [6.45, 7) is 1.71. The lowest BCUT2D eigenvalue weighted by molar-refractivity contribution is 0.0904. The van der Waals surface area contributed by atoms with Crippen molar-refractivity contribution in [1.29, 1.82) is 0 Å². The Labute approximate surface area is 107 Å². The van der Waals surface area contributed by atoms with Crippen molar-refractivity contribution in [2.75, 3.05) is 18.5 Å². The molecule has 1 saturated heterocycles. The summed E-state index contributed by atoms with van der Waals surface area (Å²) in [6.07, 6.45) is 4.79. The first-order valence-electron chi connectivity index (χ1n) is 6.46. The van der Waals surface area contributed by atoms with Crippen molar-refractivity contribution in [2.24, 2.45) is 0 Å². The van der Waals surface area contributed by atoms with Crippen molar-refractivity contribution in [1.82, 2.24) is 0 Å². The zero-order valence-corrected chi connectivity index (χ0v) is 10.7. The van der Waals surface area contributed by atoms with E-state index in [1.165, 1.54) is 18.4 Å². The first-order valence-corrected chi connectivity index (χ1v) is 6.84. The summed E-state index contributed by atoms with van der Waals surface area (Å²) in [6, 6.07) is 6.98. The molecule has 0 radical (unpaired) electrons. The maximum Gasteiger partial charge on any atom is 0.0640 e. The third-order valence-corrected chi connectivity index (χ3v) is 3.94. The molecule has 2 nitrogen and oxygen atoms in total. The van der Waals surface area contributed by atoms with Crippen molar-refractivity contribution < 1.29 is 4.74 Å². The van der Waals surface area contributed by atoms with Gasteiger partial charge in [-0.25, -0.2) is 0 Å². The molecule has 1 aromatic carbocycles. The van der Waals surface area contributed by atoms with Crippen LogP contribution in [0.15, 0.2) is 18.2 Å². The molecule has 1 heterocycles. The van der Waals surface area contributed by atoms with Crippen molar-refractivity contribution in [3.05, 3.63) is 28.8 Å². The van der Waals surface area contributed by atoms with Crippen LogP contribution in [0.25, 0.3) is 0 Å². The van der Waals surface area contributed by atoms with Crippen LogP contribution in [0.2, 0.25) is 5.02 Å². The Morgan fingerprint density at radius 2 is 1.88 bits per heavy atom. The highest BCUT2D eigenvalue weighted by Gasteiger charge is 2.24. The molecule has 0 spiro atoms.